The van der Waals surface area contributed by atoms with Crippen LogP contribution in [0.2, 0.25) is 0 Å². The predicted octanol–water partition coefficient (Wildman–Crippen LogP) is 1.62. The van der Waals surface area contributed by atoms with Crippen molar-refractivity contribution in [1.82, 2.24) is 15.2 Å². The van der Waals surface area contributed by atoms with E-state index in [0.29, 0.717) is 12.1 Å². The largest absolute Gasteiger partial charge is 0.379 e. The molecule has 0 spiro atoms. The molecular weight excluding hydrogens is 266 g/mol. The zero-order chi connectivity index (χ0) is 15.3. The Labute approximate surface area is 126 Å². The van der Waals surface area contributed by atoms with Crippen molar-refractivity contribution in [3.8, 4) is 0 Å². The number of pyridine rings is 1. The van der Waals surface area contributed by atoms with Crippen molar-refractivity contribution in [2.75, 3.05) is 32.8 Å². The molecule has 1 saturated heterocycles. The summed E-state index contributed by atoms with van der Waals surface area (Å²) in [7, 11) is 0. The Morgan fingerprint density at radius 1 is 1.43 bits per heavy atom. The Balaban J connectivity index is 1.95. The number of carbonyl (C=O) groups excluding carboxylic acids is 1. The molecule has 0 unspecified atom stereocenters. The van der Waals surface area contributed by atoms with Gasteiger partial charge < -0.3 is 10.1 Å². The molecule has 5 nitrogen and oxygen atoms in total. The highest BCUT2D eigenvalue weighted by Crippen LogP contribution is 2.20. The van der Waals surface area contributed by atoms with Gasteiger partial charge in [-0.05, 0) is 32.4 Å². The number of amides is 1. The summed E-state index contributed by atoms with van der Waals surface area (Å²) >= 11 is 0. The molecular formula is C16H25N3O2. The molecule has 0 saturated carbocycles. The number of carbonyl (C=O) groups is 1. The highest BCUT2D eigenvalue weighted by molar-refractivity contribution is 5.93. The van der Waals surface area contributed by atoms with E-state index >= 15 is 0 Å². The van der Waals surface area contributed by atoms with Gasteiger partial charge in [0.2, 0.25) is 0 Å². The lowest BCUT2D eigenvalue weighted by atomic mass is 9.95. The normalized spacial score (nSPS) is 19.0. The standard InChI is InChI=1S/C16H25N3O2/c1-4-16(3,19-7-9-21-10-8-19)12-18-15(20)14-6-5-13(2)17-11-14/h5-6,11H,4,7-10,12H2,1-3H3,(H,18,20)/t16-/m1/s1. The fourth-order valence-corrected chi connectivity index (χ4v) is 2.54. The molecule has 1 aliphatic heterocycles. The molecule has 1 aliphatic rings. The average molecular weight is 291 g/mol. The third-order valence-corrected chi connectivity index (χ3v) is 4.34. The van der Waals surface area contributed by atoms with Gasteiger partial charge in [-0.25, -0.2) is 0 Å². The van der Waals surface area contributed by atoms with E-state index in [1.807, 2.05) is 19.1 Å². The number of morpholine rings is 1. The van der Waals surface area contributed by atoms with Crippen LogP contribution in [-0.2, 0) is 4.74 Å². The van der Waals surface area contributed by atoms with Crippen molar-refractivity contribution in [2.24, 2.45) is 0 Å². The van der Waals surface area contributed by atoms with E-state index in [4.69, 9.17) is 4.74 Å². The van der Waals surface area contributed by atoms with E-state index in [0.717, 1.165) is 38.4 Å². The quantitative estimate of drug-likeness (QED) is 0.895. The van der Waals surface area contributed by atoms with E-state index in [1.54, 1.807) is 6.20 Å². The highest BCUT2D eigenvalue weighted by atomic mass is 16.5. The lowest BCUT2D eigenvalue weighted by molar-refractivity contribution is -0.0169. The molecule has 0 aromatic carbocycles. The van der Waals surface area contributed by atoms with Crippen LogP contribution < -0.4 is 5.32 Å². The van der Waals surface area contributed by atoms with Crippen LogP contribution in [0.5, 0.6) is 0 Å². The maximum atomic E-state index is 12.2. The topological polar surface area (TPSA) is 54.5 Å². The third kappa shape index (κ3) is 4.02. The number of aromatic nitrogens is 1. The molecule has 0 aliphatic carbocycles. The lowest BCUT2D eigenvalue weighted by Crippen LogP contribution is -2.56. The molecule has 0 radical (unpaired) electrons. The minimum Gasteiger partial charge on any atom is -0.379 e. The van der Waals surface area contributed by atoms with Crippen molar-refractivity contribution in [3.05, 3.63) is 29.6 Å². The number of aryl methyl sites for hydroxylation is 1. The van der Waals surface area contributed by atoms with Gasteiger partial charge in [0, 0.05) is 37.1 Å². The summed E-state index contributed by atoms with van der Waals surface area (Å²) in [6.45, 7) is 10.3. The maximum absolute atomic E-state index is 12.2. The molecule has 1 fully saturated rings. The van der Waals surface area contributed by atoms with Gasteiger partial charge in [0.15, 0.2) is 0 Å². The zero-order valence-electron chi connectivity index (χ0n) is 13.2. The molecule has 0 bridgehead atoms. The summed E-state index contributed by atoms with van der Waals surface area (Å²) in [5.41, 5.74) is 1.50. The van der Waals surface area contributed by atoms with Crippen molar-refractivity contribution in [2.45, 2.75) is 32.7 Å². The van der Waals surface area contributed by atoms with Gasteiger partial charge in [-0.3, -0.25) is 14.7 Å². The van der Waals surface area contributed by atoms with Crippen molar-refractivity contribution in [1.29, 1.82) is 0 Å². The van der Waals surface area contributed by atoms with Crippen LogP contribution in [0, 0.1) is 6.92 Å². The molecule has 2 rings (SSSR count). The van der Waals surface area contributed by atoms with Gasteiger partial charge in [0.05, 0.1) is 18.8 Å². The van der Waals surface area contributed by atoms with Crippen molar-refractivity contribution in [3.63, 3.8) is 0 Å². The van der Waals surface area contributed by atoms with E-state index in [2.05, 4.69) is 29.0 Å². The zero-order valence-corrected chi connectivity index (χ0v) is 13.2. The first-order valence-electron chi connectivity index (χ1n) is 7.59. The molecule has 1 aromatic rings. The fourth-order valence-electron chi connectivity index (χ4n) is 2.54. The van der Waals surface area contributed by atoms with Crippen LogP contribution in [0.4, 0.5) is 0 Å². The summed E-state index contributed by atoms with van der Waals surface area (Å²) < 4.78 is 5.41. The minimum atomic E-state index is -0.0598. The average Bonchev–Trinajstić information content (AvgIpc) is 2.54. The first-order chi connectivity index (χ1) is 10.0. The minimum absolute atomic E-state index is 0.0302. The van der Waals surface area contributed by atoms with E-state index in [1.165, 1.54) is 0 Å². The Bertz CT molecular complexity index is 469. The van der Waals surface area contributed by atoms with Gasteiger partial charge >= 0.3 is 0 Å². The Kier molecular flexibility index (Phi) is 5.31. The Hall–Kier alpha value is -1.46. The van der Waals surface area contributed by atoms with E-state index in [9.17, 15) is 4.79 Å². The van der Waals surface area contributed by atoms with Gasteiger partial charge in [-0.15, -0.1) is 0 Å². The van der Waals surface area contributed by atoms with Crippen LogP contribution in [0.15, 0.2) is 18.3 Å². The molecule has 1 N–H and O–H groups in total. The molecule has 21 heavy (non-hydrogen) atoms. The molecule has 1 amide bonds. The summed E-state index contributed by atoms with van der Waals surface area (Å²) in [4.78, 5) is 18.8. The monoisotopic (exact) mass is 291 g/mol. The van der Waals surface area contributed by atoms with Gasteiger partial charge in [0.1, 0.15) is 0 Å². The smallest absolute Gasteiger partial charge is 0.252 e. The van der Waals surface area contributed by atoms with Gasteiger partial charge in [0.25, 0.3) is 5.91 Å². The third-order valence-electron chi connectivity index (χ3n) is 4.34. The second-order valence-corrected chi connectivity index (χ2v) is 5.82. The maximum Gasteiger partial charge on any atom is 0.252 e. The van der Waals surface area contributed by atoms with Crippen LogP contribution in [0.25, 0.3) is 0 Å². The SMILES string of the molecule is CC[C@](C)(CNC(=O)c1ccc(C)nc1)N1CCOCC1. The first kappa shape index (κ1) is 15.9. The van der Waals surface area contributed by atoms with Crippen molar-refractivity contribution < 1.29 is 9.53 Å². The predicted molar refractivity (Wildman–Crippen MR) is 82.4 cm³/mol. The number of hydrogen-bond acceptors (Lipinski definition) is 4. The molecule has 1 aromatic heterocycles. The fraction of sp³-hybridized carbons (Fsp3) is 0.625. The molecule has 2 heterocycles. The molecule has 1 atom stereocenters. The molecule has 5 heteroatoms. The van der Waals surface area contributed by atoms with E-state index in [-0.39, 0.29) is 11.4 Å². The van der Waals surface area contributed by atoms with Crippen LogP contribution >= 0.6 is 0 Å². The number of rotatable bonds is 5. The van der Waals surface area contributed by atoms with Crippen molar-refractivity contribution >= 4 is 5.91 Å². The summed E-state index contributed by atoms with van der Waals surface area (Å²) in [6.07, 6.45) is 2.61. The van der Waals surface area contributed by atoms with Crippen LogP contribution in [-0.4, -0.2) is 54.2 Å². The van der Waals surface area contributed by atoms with Gasteiger partial charge in [-0.2, -0.15) is 0 Å². The lowest BCUT2D eigenvalue weighted by Gasteiger charge is -2.43. The number of nitrogens with one attached hydrogen (secondary N) is 1. The molecule has 116 valence electrons. The van der Waals surface area contributed by atoms with Gasteiger partial charge in [-0.1, -0.05) is 6.92 Å². The summed E-state index contributed by atoms with van der Waals surface area (Å²) in [5, 5.41) is 3.05. The number of hydrogen-bond donors (Lipinski definition) is 1. The first-order valence-corrected chi connectivity index (χ1v) is 7.59. The Morgan fingerprint density at radius 3 is 2.71 bits per heavy atom. The van der Waals surface area contributed by atoms with Crippen LogP contribution in [0.3, 0.4) is 0 Å². The number of ether oxygens (including phenoxy) is 1. The summed E-state index contributed by atoms with van der Waals surface area (Å²) in [5.74, 6) is -0.0598. The van der Waals surface area contributed by atoms with E-state index < -0.39 is 0 Å². The number of nitrogens with zero attached hydrogens (tertiary/aromatic N) is 2. The second kappa shape index (κ2) is 7.00. The van der Waals surface area contributed by atoms with Crippen LogP contribution in [0.1, 0.15) is 36.3 Å². The Morgan fingerprint density at radius 2 is 2.14 bits per heavy atom. The summed E-state index contributed by atoms with van der Waals surface area (Å²) in [6, 6.07) is 3.67. The highest BCUT2D eigenvalue weighted by Gasteiger charge is 2.31. The second-order valence-electron chi connectivity index (χ2n) is 5.82.